The van der Waals surface area contributed by atoms with Crippen molar-refractivity contribution in [3.63, 3.8) is 0 Å². The van der Waals surface area contributed by atoms with E-state index in [1.54, 1.807) is 39.8 Å². The topological polar surface area (TPSA) is 446 Å². The number of nitrogens with one attached hydrogen (secondary N) is 9. The molecule has 1 aromatic rings. The third kappa shape index (κ3) is 23.4. The Kier molecular flexibility index (Phi) is 27.9. The van der Waals surface area contributed by atoms with Gasteiger partial charge in [0.1, 0.15) is 54.1 Å². The van der Waals surface area contributed by atoms with Crippen LogP contribution in [0.2, 0.25) is 0 Å². The summed E-state index contributed by atoms with van der Waals surface area (Å²) in [4.78, 5) is 155. The molecule has 0 bridgehead atoms. The summed E-state index contributed by atoms with van der Waals surface area (Å²) in [5, 5.41) is 60.5. The van der Waals surface area contributed by atoms with Crippen molar-refractivity contribution in [3.8, 4) is 5.75 Å². The Morgan fingerprint density at radius 3 is 1.59 bits per heavy atom. The summed E-state index contributed by atoms with van der Waals surface area (Å²) < 4.78 is 0. The second kappa shape index (κ2) is 31.9. The van der Waals surface area contributed by atoms with E-state index in [9.17, 15) is 78.0 Å². The van der Waals surface area contributed by atoms with Gasteiger partial charge in [0.15, 0.2) is 0 Å². The van der Waals surface area contributed by atoms with Crippen LogP contribution in [0.3, 0.4) is 0 Å². The lowest BCUT2D eigenvalue weighted by molar-refractivity contribution is -0.144. The van der Waals surface area contributed by atoms with Crippen molar-refractivity contribution in [3.05, 3.63) is 29.8 Å². The normalized spacial score (nSPS) is 15.1. The average molecular weight is 1050 g/mol. The molecular formula is C47H75N11O16. The molecule has 1 rings (SSSR count). The summed E-state index contributed by atoms with van der Waals surface area (Å²) in [6.07, 6.45) is -2.91. The molecule has 0 radical (unpaired) electrons. The number of aromatic hydroxyl groups is 1. The molecule has 10 atom stereocenters. The molecule has 1 aromatic carbocycles. The fraction of sp³-hybridized carbons (Fsp3) is 0.617. The molecule has 17 N–H and O–H groups in total. The fourth-order valence-corrected chi connectivity index (χ4v) is 6.95. The summed E-state index contributed by atoms with van der Waals surface area (Å²) in [7, 11) is 0. The average Bonchev–Trinajstić information content (AvgIpc) is 3.31. The number of phenols is 1. The number of hydrogen-bond donors (Lipinski definition) is 15. The first-order valence-electron chi connectivity index (χ1n) is 24.1. The maximum Gasteiger partial charge on any atom is 0.326 e. The van der Waals surface area contributed by atoms with Crippen molar-refractivity contribution >= 4 is 71.0 Å². The van der Waals surface area contributed by atoms with Gasteiger partial charge in [0.25, 0.3) is 0 Å². The van der Waals surface area contributed by atoms with E-state index in [4.69, 9.17) is 11.5 Å². The standard InChI is InChI=1S/C47H75N11O16/c1-9-24(6)38(45(71)54-30(19-33(49)61)42(68)53-31(20-36(64)65)43(69)55-32(47(73)74)17-22(2)3)58-44(70)37(23(4)5)57-46(72)39(26(8)59)56-35(63)21-50-40(66)25(7)51-41(67)29(52-34(62)11-10-16-48)18-27-12-14-28(60)15-13-27/h12-15,22-26,29-32,37-39,59-60H,9-11,16-21,48H2,1-8H3,(H2,49,61)(H,50,66)(H,51,67)(H,52,62)(H,53,68)(H,54,71)(H,55,69)(H,56,63)(H,57,72)(H,58,70)(H,64,65)(H,73,74)/t24-,25-,26+,29-,30-,31-,32-,37-,38-,39-/m0/s1. The van der Waals surface area contributed by atoms with E-state index in [2.05, 4.69) is 47.9 Å². The molecule has 27 heteroatoms. The zero-order chi connectivity index (χ0) is 56.6. The summed E-state index contributed by atoms with van der Waals surface area (Å²) in [5.41, 5.74) is 11.4. The minimum absolute atomic E-state index is 0.00539. The first-order valence-corrected chi connectivity index (χ1v) is 24.1. The molecule has 74 heavy (non-hydrogen) atoms. The zero-order valence-electron chi connectivity index (χ0n) is 42.9. The number of carbonyl (C=O) groups excluding carboxylic acids is 10. The van der Waals surface area contributed by atoms with Crippen molar-refractivity contribution in [2.24, 2.45) is 29.2 Å². The van der Waals surface area contributed by atoms with E-state index in [0.29, 0.717) is 12.0 Å². The Morgan fingerprint density at radius 1 is 0.581 bits per heavy atom. The zero-order valence-corrected chi connectivity index (χ0v) is 42.9. The van der Waals surface area contributed by atoms with Crippen LogP contribution in [-0.2, 0) is 64.0 Å². The van der Waals surface area contributed by atoms with Crippen LogP contribution in [0.4, 0.5) is 0 Å². The van der Waals surface area contributed by atoms with Crippen LogP contribution in [0.1, 0.15) is 99.5 Å². The van der Waals surface area contributed by atoms with E-state index in [1.165, 1.54) is 32.9 Å². The van der Waals surface area contributed by atoms with Gasteiger partial charge in [0.05, 0.1) is 25.5 Å². The Bertz CT molecular complexity index is 2140. The number of phenolic OH excluding ortho intramolecular Hbond substituents is 1. The van der Waals surface area contributed by atoms with Crippen LogP contribution in [0, 0.1) is 17.8 Å². The molecule has 0 heterocycles. The largest absolute Gasteiger partial charge is 0.508 e. The summed E-state index contributed by atoms with van der Waals surface area (Å²) in [5.74, 6) is -14.3. The number of hydrogen-bond acceptors (Lipinski definition) is 15. The molecule has 0 spiro atoms. The van der Waals surface area contributed by atoms with Gasteiger partial charge in [0, 0.05) is 12.8 Å². The van der Waals surface area contributed by atoms with Crippen molar-refractivity contribution in [1.82, 2.24) is 47.9 Å². The van der Waals surface area contributed by atoms with Crippen molar-refractivity contribution < 1.29 is 78.0 Å². The van der Waals surface area contributed by atoms with Gasteiger partial charge in [-0.3, -0.25) is 52.7 Å². The SMILES string of the molecule is CC[C@H](C)[C@H](NC(=O)[C@@H](NC(=O)[C@@H](NC(=O)CNC(=O)[C@H](C)NC(=O)[C@H](Cc1ccc(O)cc1)NC(=O)CCCN)[C@@H](C)O)C(C)C)C(=O)N[C@@H](CC(N)=O)C(=O)N[C@@H](CC(=O)O)C(=O)N[C@@H](CC(C)C)C(=O)O. The highest BCUT2D eigenvalue weighted by molar-refractivity contribution is 5.99. The molecule has 0 aliphatic carbocycles. The van der Waals surface area contributed by atoms with Gasteiger partial charge in [0.2, 0.25) is 59.1 Å². The van der Waals surface area contributed by atoms with Crippen molar-refractivity contribution in [1.29, 1.82) is 0 Å². The van der Waals surface area contributed by atoms with E-state index in [0.717, 1.165) is 6.92 Å². The number of carbonyl (C=O) groups is 12. The minimum atomic E-state index is -1.88. The Hall–Kier alpha value is -7.42. The van der Waals surface area contributed by atoms with Gasteiger partial charge in [-0.15, -0.1) is 0 Å². The first kappa shape index (κ1) is 64.6. The van der Waals surface area contributed by atoms with E-state index < -0.39 is 157 Å². The number of aliphatic hydroxyl groups is 1. The number of aliphatic carboxylic acids is 2. The quantitative estimate of drug-likeness (QED) is 0.0322. The molecule has 0 saturated heterocycles. The maximum absolute atomic E-state index is 13.9. The predicted octanol–water partition coefficient (Wildman–Crippen LogP) is -3.75. The highest BCUT2D eigenvalue weighted by Crippen LogP contribution is 2.14. The molecule has 0 aliphatic heterocycles. The lowest BCUT2D eigenvalue weighted by atomic mass is 9.95. The van der Waals surface area contributed by atoms with E-state index >= 15 is 0 Å². The third-order valence-electron chi connectivity index (χ3n) is 11.3. The number of benzene rings is 1. The first-order chi connectivity index (χ1) is 34.5. The van der Waals surface area contributed by atoms with Crippen molar-refractivity contribution in [2.75, 3.05) is 13.1 Å². The number of carboxylic acids is 2. The van der Waals surface area contributed by atoms with Gasteiger partial charge < -0.3 is 79.7 Å². The van der Waals surface area contributed by atoms with Crippen LogP contribution < -0.4 is 59.3 Å². The molecule has 0 unspecified atom stereocenters. The monoisotopic (exact) mass is 1050 g/mol. The molecular weight excluding hydrogens is 975 g/mol. The van der Waals surface area contributed by atoms with Crippen LogP contribution >= 0.6 is 0 Å². The van der Waals surface area contributed by atoms with Gasteiger partial charge in [-0.05, 0) is 68.7 Å². The summed E-state index contributed by atoms with van der Waals surface area (Å²) >= 11 is 0. The number of nitrogens with two attached hydrogens (primary N) is 2. The van der Waals surface area contributed by atoms with E-state index in [-0.39, 0.29) is 43.9 Å². The van der Waals surface area contributed by atoms with Gasteiger partial charge in [-0.2, -0.15) is 0 Å². The Balaban J connectivity index is 3.16. The second-order valence-corrected chi connectivity index (χ2v) is 18.6. The molecule has 0 aliphatic rings. The van der Waals surface area contributed by atoms with Crippen LogP contribution in [0.5, 0.6) is 5.75 Å². The molecule has 0 saturated carbocycles. The summed E-state index contributed by atoms with van der Waals surface area (Å²) in [6, 6.07) is -6.32. The molecule has 0 fully saturated rings. The molecule has 10 amide bonds. The van der Waals surface area contributed by atoms with Gasteiger partial charge >= 0.3 is 11.9 Å². The Labute approximate surface area is 428 Å². The molecule has 414 valence electrons. The lowest BCUT2D eigenvalue weighted by Gasteiger charge is -2.30. The van der Waals surface area contributed by atoms with Gasteiger partial charge in [-0.1, -0.05) is 60.1 Å². The highest BCUT2D eigenvalue weighted by atomic mass is 16.4. The minimum Gasteiger partial charge on any atom is -0.508 e. The maximum atomic E-state index is 13.9. The number of rotatable bonds is 33. The van der Waals surface area contributed by atoms with Crippen LogP contribution in [0.15, 0.2) is 24.3 Å². The van der Waals surface area contributed by atoms with Crippen LogP contribution in [-0.4, -0.2) is 159 Å². The molecule has 0 aromatic heterocycles. The highest BCUT2D eigenvalue weighted by Gasteiger charge is 2.37. The lowest BCUT2D eigenvalue weighted by Crippen LogP contribution is -2.62. The predicted molar refractivity (Wildman–Crippen MR) is 263 cm³/mol. The Morgan fingerprint density at radius 2 is 1.09 bits per heavy atom. The van der Waals surface area contributed by atoms with Crippen molar-refractivity contribution in [2.45, 2.75) is 155 Å². The number of primary amides is 1. The van der Waals surface area contributed by atoms with Gasteiger partial charge in [-0.25, -0.2) is 4.79 Å². The molecule has 27 nitrogen and oxygen atoms in total. The van der Waals surface area contributed by atoms with E-state index in [1.807, 2.05) is 0 Å². The second-order valence-electron chi connectivity index (χ2n) is 18.6. The summed E-state index contributed by atoms with van der Waals surface area (Å²) in [6.45, 7) is 11.6. The number of carboxylic acid groups (broad SMARTS) is 2. The third-order valence-corrected chi connectivity index (χ3v) is 11.3. The fourth-order valence-electron chi connectivity index (χ4n) is 6.95. The smallest absolute Gasteiger partial charge is 0.326 e. The number of amides is 10. The number of aliphatic hydroxyl groups excluding tert-OH is 1. The van der Waals surface area contributed by atoms with Crippen LogP contribution in [0.25, 0.3) is 0 Å².